The summed E-state index contributed by atoms with van der Waals surface area (Å²) in [7, 11) is 0. The summed E-state index contributed by atoms with van der Waals surface area (Å²) in [6.45, 7) is 1.53. The molecular weight excluding hydrogens is 570 g/mol. The molecule has 1 unspecified atom stereocenters. The van der Waals surface area contributed by atoms with Gasteiger partial charge in [-0.25, -0.2) is 19.7 Å². The molecule has 1 N–H and O–H groups in total. The predicted molar refractivity (Wildman–Crippen MR) is 174 cm³/mol. The summed E-state index contributed by atoms with van der Waals surface area (Å²) in [4.78, 5) is 26.1. The van der Waals surface area contributed by atoms with Gasteiger partial charge in [-0.2, -0.15) is 0 Å². The van der Waals surface area contributed by atoms with E-state index in [1.165, 1.54) is 13.0 Å². The summed E-state index contributed by atoms with van der Waals surface area (Å²) >= 11 is 3.53. The number of phenols is 1. The highest BCUT2D eigenvalue weighted by atomic mass is 32.1. The van der Waals surface area contributed by atoms with E-state index in [-0.39, 0.29) is 17.3 Å². The van der Waals surface area contributed by atoms with Crippen LogP contribution in [0, 0.1) is 0 Å². The van der Waals surface area contributed by atoms with Crippen molar-refractivity contribution in [3.05, 3.63) is 127 Å². The molecule has 0 radical (unpaired) electrons. The number of carbonyl (C=O) groups is 1. The van der Waals surface area contributed by atoms with Crippen LogP contribution in [0.4, 0.5) is 0 Å². The van der Waals surface area contributed by atoms with Crippen molar-refractivity contribution < 1.29 is 18.8 Å². The zero-order chi connectivity index (χ0) is 30.5. The van der Waals surface area contributed by atoms with Crippen molar-refractivity contribution in [2.24, 2.45) is 0 Å². The molecule has 5 aromatic carbocycles. The SMILES string of the molecule is CC(Oc1ccc(-c2nc(-c3ccc(-c4ccccc4)cc3)nc(-c3ccc(-c4ccccc4)cc3)n2)c(O)c1)C(=O)OS. The number of nitrogens with zero attached hydrogens (tertiary/aromatic N) is 3. The Kier molecular flexibility index (Phi) is 8.34. The first-order chi connectivity index (χ1) is 21.5. The molecule has 1 aromatic heterocycles. The summed E-state index contributed by atoms with van der Waals surface area (Å²) < 4.78 is 10.0. The number of rotatable bonds is 8. The maximum Gasteiger partial charge on any atom is 0.358 e. The Morgan fingerprint density at radius 3 is 1.50 bits per heavy atom. The fourth-order valence-corrected chi connectivity index (χ4v) is 4.89. The zero-order valence-electron chi connectivity index (χ0n) is 23.7. The molecule has 0 saturated carbocycles. The average Bonchev–Trinajstić information content (AvgIpc) is 3.08. The van der Waals surface area contributed by atoms with Gasteiger partial charge >= 0.3 is 5.97 Å². The van der Waals surface area contributed by atoms with Crippen molar-refractivity contribution in [3.8, 4) is 67.9 Å². The van der Waals surface area contributed by atoms with E-state index in [0.29, 0.717) is 17.2 Å². The molecule has 7 nitrogen and oxygen atoms in total. The third kappa shape index (κ3) is 6.30. The Balaban J connectivity index is 1.40. The van der Waals surface area contributed by atoms with Crippen molar-refractivity contribution in [1.82, 2.24) is 15.0 Å². The number of carbonyl (C=O) groups excluding carboxylic acids is 1. The van der Waals surface area contributed by atoms with Gasteiger partial charge in [0.1, 0.15) is 11.5 Å². The molecule has 0 amide bonds. The number of hydrogen-bond donors (Lipinski definition) is 2. The molecule has 0 fully saturated rings. The van der Waals surface area contributed by atoms with Crippen molar-refractivity contribution in [2.75, 3.05) is 0 Å². The molecule has 1 atom stereocenters. The third-order valence-electron chi connectivity index (χ3n) is 7.08. The van der Waals surface area contributed by atoms with Gasteiger partial charge < -0.3 is 14.0 Å². The Morgan fingerprint density at radius 2 is 1.05 bits per heavy atom. The number of hydrogen-bond acceptors (Lipinski definition) is 8. The van der Waals surface area contributed by atoms with Crippen LogP contribution in [0.5, 0.6) is 11.5 Å². The predicted octanol–water partition coefficient (Wildman–Crippen LogP) is 8.07. The van der Waals surface area contributed by atoms with Crippen LogP contribution in [-0.2, 0) is 8.98 Å². The highest BCUT2D eigenvalue weighted by Crippen LogP contribution is 2.34. The van der Waals surface area contributed by atoms with Gasteiger partial charge in [0.15, 0.2) is 23.6 Å². The van der Waals surface area contributed by atoms with Gasteiger partial charge in [0.25, 0.3) is 0 Å². The molecule has 0 saturated heterocycles. The van der Waals surface area contributed by atoms with Crippen molar-refractivity contribution in [3.63, 3.8) is 0 Å². The van der Waals surface area contributed by atoms with E-state index in [0.717, 1.165) is 33.4 Å². The second-order valence-corrected chi connectivity index (χ2v) is 10.2. The van der Waals surface area contributed by atoms with Gasteiger partial charge in [-0.3, -0.25) is 0 Å². The van der Waals surface area contributed by atoms with Crippen LogP contribution < -0.4 is 4.74 Å². The van der Waals surface area contributed by atoms with Crippen LogP contribution in [0.25, 0.3) is 56.4 Å². The Morgan fingerprint density at radius 1 is 0.614 bits per heavy atom. The molecule has 44 heavy (non-hydrogen) atoms. The van der Waals surface area contributed by atoms with Gasteiger partial charge in [-0.05, 0) is 41.3 Å². The van der Waals surface area contributed by atoms with Crippen molar-refractivity contribution >= 4 is 18.9 Å². The lowest BCUT2D eigenvalue weighted by Gasteiger charge is -2.14. The zero-order valence-corrected chi connectivity index (χ0v) is 24.6. The normalized spacial score (nSPS) is 11.5. The summed E-state index contributed by atoms with van der Waals surface area (Å²) in [5.41, 5.74) is 6.35. The Bertz CT molecular complexity index is 1800. The number of aromatic nitrogens is 3. The van der Waals surface area contributed by atoms with Gasteiger partial charge in [-0.15, -0.1) is 0 Å². The fourth-order valence-electron chi connectivity index (χ4n) is 4.74. The van der Waals surface area contributed by atoms with Crippen LogP contribution in [0.1, 0.15) is 6.92 Å². The minimum atomic E-state index is -0.911. The maximum atomic E-state index is 11.7. The number of benzene rings is 5. The van der Waals surface area contributed by atoms with Crippen LogP contribution in [-0.4, -0.2) is 32.1 Å². The molecule has 0 aliphatic heterocycles. The Labute approximate surface area is 260 Å². The monoisotopic (exact) mass is 597 g/mol. The molecule has 0 aliphatic rings. The molecule has 216 valence electrons. The smallest absolute Gasteiger partial charge is 0.358 e. The van der Waals surface area contributed by atoms with Crippen LogP contribution >= 0.6 is 12.9 Å². The number of aromatic hydroxyl groups is 1. The number of phenolic OH excluding ortho intramolecular Hbond substituents is 1. The minimum Gasteiger partial charge on any atom is -0.507 e. The van der Waals surface area contributed by atoms with Gasteiger partial charge in [0.2, 0.25) is 0 Å². The molecule has 6 aromatic rings. The lowest BCUT2D eigenvalue weighted by Crippen LogP contribution is -2.23. The van der Waals surface area contributed by atoms with Gasteiger partial charge in [0.05, 0.1) is 5.56 Å². The van der Waals surface area contributed by atoms with E-state index in [2.05, 4.69) is 41.4 Å². The maximum absolute atomic E-state index is 11.7. The summed E-state index contributed by atoms with van der Waals surface area (Å²) in [6.07, 6.45) is -0.911. The molecule has 0 bridgehead atoms. The second kappa shape index (κ2) is 12.8. The van der Waals surface area contributed by atoms with E-state index in [4.69, 9.17) is 19.7 Å². The summed E-state index contributed by atoms with van der Waals surface area (Å²) in [5.74, 6) is 0.718. The van der Waals surface area contributed by atoms with E-state index in [1.54, 1.807) is 12.1 Å². The first kappa shape index (κ1) is 28.6. The van der Waals surface area contributed by atoms with E-state index in [1.807, 2.05) is 84.9 Å². The Hall–Kier alpha value is -5.47. The van der Waals surface area contributed by atoms with Crippen molar-refractivity contribution in [1.29, 1.82) is 0 Å². The van der Waals surface area contributed by atoms with Gasteiger partial charge in [0, 0.05) is 30.1 Å². The van der Waals surface area contributed by atoms with Crippen LogP contribution in [0.15, 0.2) is 127 Å². The minimum absolute atomic E-state index is 0.115. The standard InChI is InChI=1S/C36H27N3O4S/c1-23(36(41)43-44)42-30-20-21-31(32(40)22-30)35-38-33(28-16-12-26(13-17-28)24-8-4-2-5-9-24)37-34(39-35)29-18-14-27(15-19-29)25-10-6-3-7-11-25/h2-23,40,44H,1H3. The molecule has 6 rings (SSSR count). The topological polar surface area (TPSA) is 94.4 Å². The second-order valence-electron chi connectivity index (χ2n) is 10.0. The fraction of sp³-hybridized carbons (Fsp3) is 0.0556. The molecule has 1 heterocycles. The molecule has 0 aliphatic carbocycles. The van der Waals surface area contributed by atoms with E-state index in [9.17, 15) is 9.90 Å². The lowest BCUT2D eigenvalue weighted by atomic mass is 10.0. The molecule has 0 spiro atoms. The van der Waals surface area contributed by atoms with Gasteiger partial charge in [-0.1, -0.05) is 109 Å². The quantitative estimate of drug-likeness (QED) is 0.135. The largest absolute Gasteiger partial charge is 0.507 e. The average molecular weight is 598 g/mol. The highest BCUT2D eigenvalue weighted by molar-refractivity contribution is 7.75. The summed E-state index contributed by atoms with van der Waals surface area (Å²) in [6, 6.07) is 40.9. The number of ether oxygens (including phenoxy) is 1. The summed E-state index contributed by atoms with van der Waals surface area (Å²) in [5, 5.41) is 11.0. The van der Waals surface area contributed by atoms with Crippen molar-refractivity contribution in [2.45, 2.75) is 13.0 Å². The number of thiol groups is 1. The van der Waals surface area contributed by atoms with Crippen LogP contribution in [0.3, 0.4) is 0 Å². The van der Waals surface area contributed by atoms with E-state index < -0.39 is 12.1 Å². The van der Waals surface area contributed by atoms with E-state index >= 15 is 0 Å². The first-order valence-corrected chi connectivity index (χ1v) is 14.3. The lowest BCUT2D eigenvalue weighted by molar-refractivity contribution is -0.139. The molecule has 8 heteroatoms. The molecular formula is C36H27N3O4S. The highest BCUT2D eigenvalue weighted by Gasteiger charge is 2.19. The van der Waals surface area contributed by atoms with Crippen LogP contribution in [0.2, 0.25) is 0 Å². The first-order valence-electron chi connectivity index (χ1n) is 13.9. The third-order valence-corrected chi connectivity index (χ3v) is 7.26.